The second-order valence-corrected chi connectivity index (χ2v) is 4.88. The zero-order valence-electron chi connectivity index (χ0n) is 11.0. The number of halogens is 2. The van der Waals surface area contributed by atoms with Crippen molar-refractivity contribution in [2.45, 2.75) is 32.7 Å². The molecule has 0 heterocycles. The Bertz CT molecular complexity index is 369. The molecule has 0 aliphatic heterocycles. The molecule has 4 heteroatoms. The maximum absolute atomic E-state index is 13.4. The van der Waals surface area contributed by atoms with E-state index in [0.717, 1.165) is 31.0 Å². The topological polar surface area (TPSA) is 35.2 Å². The fraction of sp³-hybridized carbons (Fsp3) is 0.571. The Balaban J connectivity index is 2.36. The molecule has 1 unspecified atom stereocenters. The summed E-state index contributed by atoms with van der Waals surface area (Å²) in [7, 11) is 0. The summed E-state index contributed by atoms with van der Waals surface area (Å²) in [5.41, 5.74) is 5.94. The lowest BCUT2D eigenvalue weighted by atomic mass is 10.1. The molecule has 1 atom stereocenters. The first kappa shape index (κ1) is 15.1. The molecule has 102 valence electrons. The molecule has 0 bridgehead atoms. The van der Waals surface area contributed by atoms with Crippen LogP contribution in [0.2, 0.25) is 0 Å². The molecule has 2 N–H and O–H groups in total. The maximum atomic E-state index is 13.4. The fourth-order valence-electron chi connectivity index (χ4n) is 1.69. The third-order valence-corrected chi connectivity index (χ3v) is 2.73. The predicted molar refractivity (Wildman–Crippen MR) is 68.2 cm³/mol. The van der Waals surface area contributed by atoms with E-state index in [9.17, 15) is 8.78 Å². The number of hydrogen-bond donors (Lipinski definition) is 1. The van der Waals surface area contributed by atoms with E-state index in [1.54, 1.807) is 0 Å². The van der Waals surface area contributed by atoms with Crippen LogP contribution in [0.1, 0.15) is 38.3 Å². The second kappa shape index (κ2) is 7.44. The van der Waals surface area contributed by atoms with Crippen molar-refractivity contribution < 1.29 is 13.5 Å². The van der Waals surface area contributed by atoms with Crippen molar-refractivity contribution in [3.63, 3.8) is 0 Å². The highest BCUT2D eigenvalue weighted by Crippen LogP contribution is 2.17. The van der Waals surface area contributed by atoms with Gasteiger partial charge in [-0.25, -0.2) is 8.78 Å². The van der Waals surface area contributed by atoms with Crippen molar-refractivity contribution in [2.75, 3.05) is 13.2 Å². The average Bonchev–Trinajstić information content (AvgIpc) is 2.31. The Hall–Kier alpha value is -1.00. The lowest BCUT2D eigenvalue weighted by molar-refractivity contribution is 0.114. The first-order valence-corrected chi connectivity index (χ1v) is 6.29. The lowest BCUT2D eigenvalue weighted by Crippen LogP contribution is -2.19. The highest BCUT2D eigenvalue weighted by molar-refractivity contribution is 5.22. The van der Waals surface area contributed by atoms with E-state index in [2.05, 4.69) is 13.8 Å². The summed E-state index contributed by atoms with van der Waals surface area (Å²) in [6, 6.07) is 2.66. The van der Waals surface area contributed by atoms with Gasteiger partial charge in [-0.2, -0.15) is 0 Å². The molecular weight excluding hydrogens is 236 g/mol. The molecule has 1 aromatic carbocycles. The SMILES string of the molecule is CC(C)CCCOCC(N)c1cc(F)ccc1F. The summed E-state index contributed by atoms with van der Waals surface area (Å²) in [6.45, 7) is 5.10. The molecule has 2 nitrogen and oxygen atoms in total. The van der Waals surface area contributed by atoms with Gasteiger partial charge < -0.3 is 10.5 Å². The molecule has 0 amide bonds. The number of benzene rings is 1. The van der Waals surface area contributed by atoms with Gasteiger partial charge in [0.05, 0.1) is 12.6 Å². The minimum Gasteiger partial charge on any atom is -0.379 e. The number of hydrogen-bond acceptors (Lipinski definition) is 2. The highest BCUT2D eigenvalue weighted by Gasteiger charge is 2.12. The minimum atomic E-state index is -0.625. The van der Waals surface area contributed by atoms with Crippen LogP contribution in [-0.4, -0.2) is 13.2 Å². The van der Waals surface area contributed by atoms with Gasteiger partial charge in [0.15, 0.2) is 0 Å². The van der Waals surface area contributed by atoms with Gasteiger partial charge in [-0.3, -0.25) is 0 Å². The lowest BCUT2D eigenvalue weighted by Gasteiger charge is -2.14. The largest absolute Gasteiger partial charge is 0.379 e. The van der Waals surface area contributed by atoms with Gasteiger partial charge in [0.2, 0.25) is 0 Å². The van der Waals surface area contributed by atoms with Crippen LogP contribution in [0.4, 0.5) is 8.78 Å². The summed E-state index contributed by atoms with van der Waals surface area (Å²) < 4.78 is 31.8. The van der Waals surface area contributed by atoms with Gasteiger partial charge in [-0.15, -0.1) is 0 Å². The second-order valence-electron chi connectivity index (χ2n) is 4.88. The number of nitrogens with two attached hydrogens (primary N) is 1. The molecule has 18 heavy (non-hydrogen) atoms. The summed E-state index contributed by atoms with van der Waals surface area (Å²) in [5.74, 6) is -0.334. The van der Waals surface area contributed by atoms with E-state index >= 15 is 0 Å². The first-order chi connectivity index (χ1) is 8.50. The Labute approximate surface area is 107 Å². The Morgan fingerprint density at radius 3 is 2.67 bits per heavy atom. The van der Waals surface area contributed by atoms with Gasteiger partial charge in [0.25, 0.3) is 0 Å². The van der Waals surface area contributed by atoms with Gasteiger partial charge >= 0.3 is 0 Å². The van der Waals surface area contributed by atoms with E-state index in [4.69, 9.17) is 10.5 Å². The van der Waals surface area contributed by atoms with Crippen molar-refractivity contribution in [2.24, 2.45) is 11.7 Å². The van der Waals surface area contributed by atoms with Crippen LogP contribution in [0.5, 0.6) is 0 Å². The normalized spacial score (nSPS) is 13.0. The van der Waals surface area contributed by atoms with Crippen LogP contribution in [0, 0.1) is 17.6 Å². The zero-order valence-corrected chi connectivity index (χ0v) is 11.0. The fourth-order valence-corrected chi connectivity index (χ4v) is 1.69. The van der Waals surface area contributed by atoms with Crippen LogP contribution >= 0.6 is 0 Å². The van der Waals surface area contributed by atoms with Gasteiger partial charge in [-0.1, -0.05) is 13.8 Å². The van der Waals surface area contributed by atoms with Gasteiger partial charge in [-0.05, 0) is 37.0 Å². The van der Waals surface area contributed by atoms with Crippen LogP contribution in [0.25, 0.3) is 0 Å². The Kier molecular flexibility index (Phi) is 6.22. The molecule has 0 aliphatic carbocycles. The van der Waals surface area contributed by atoms with E-state index in [-0.39, 0.29) is 12.2 Å². The van der Waals surface area contributed by atoms with E-state index < -0.39 is 17.7 Å². The summed E-state index contributed by atoms with van der Waals surface area (Å²) in [6.07, 6.45) is 2.04. The Morgan fingerprint density at radius 1 is 1.28 bits per heavy atom. The third kappa shape index (κ3) is 5.10. The van der Waals surface area contributed by atoms with Gasteiger partial charge in [0.1, 0.15) is 11.6 Å². The minimum absolute atomic E-state index is 0.166. The third-order valence-electron chi connectivity index (χ3n) is 2.73. The molecule has 0 radical (unpaired) electrons. The maximum Gasteiger partial charge on any atom is 0.128 e. The van der Waals surface area contributed by atoms with Crippen LogP contribution < -0.4 is 5.73 Å². The van der Waals surface area contributed by atoms with Crippen molar-refractivity contribution in [1.82, 2.24) is 0 Å². The molecule has 0 saturated heterocycles. The number of ether oxygens (including phenoxy) is 1. The molecule has 1 aromatic rings. The Morgan fingerprint density at radius 2 is 2.00 bits per heavy atom. The zero-order chi connectivity index (χ0) is 13.5. The van der Waals surface area contributed by atoms with E-state index in [1.807, 2.05) is 0 Å². The molecule has 0 spiro atoms. The van der Waals surface area contributed by atoms with Crippen LogP contribution in [0.15, 0.2) is 18.2 Å². The van der Waals surface area contributed by atoms with Gasteiger partial charge in [0, 0.05) is 12.2 Å². The molecule has 0 fully saturated rings. The van der Waals surface area contributed by atoms with Crippen molar-refractivity contribution in [3.8, 4) is 0 Å². The first-order valence-electron chi connectivity index (χ1n) is 6.29. The predicted octanol–water partition coefficient (Wildman–Crippen LogP) is 3.42. The molecule has 1 rings (SSSR count). The van der Waals surface area contributed by atoms with Crippen LogP contribution in [0.3, 0.4) is 0 Å². The highest BCUT2D eigenvalue weighted by atomic mass is 19.1. The summed E-state index contributed by atoms with van der Waals surface area (Å²) in [5, 5.41) is 0. The molecule has 0 aliphatic rings. The van der Waals surface area contributed by atoms with Crippen molar-refractivity contribution >= 4 is 0 Å². The monoisotopic (exact) mass is 257 g/mol. The molecule has 0 aromatic heterocycles. The van der Waals surface area contributed by atoms with Crippen molar-refractivity contribution in [1.29, 1.82) is 0 Å². The molecule has 0 saturated carbocycles. The summed E-state index contributed by atoms with van der Waals surface area (Å²) >= 11 is 0. The summed E-state index contributed by atoms with van der Waals surface area (Å²) in [4.78, 5) is 0. The average molecular weight is 257 g/mol. The quantitative estimate of drug-likeness (QED) is 0.760. The van der Waals surface area contributed by atoms with E-state index in [1.165, 1.54) is 0 Å². The van der Waals surface area contributed by atoms with Crippen LogP contribution in [-0.2, 0) is 4.74 Å². The molecular formula is C14H21F2NO. The number of rotatable bonds is 7. The smallest absolute Gasteiger partial charge is 0.128 e. The standard InChI is InChI=1S/C14H21F2NO/c1-10(2)4-3-7-18-9-14(17)12-8-11(15)5-6-13(12)16/h5-6,8,10,14H,3-4,7,9,17H2,1-2H3. The van der Waals surface area contributed by atoms with E-state index in [0.29, 0.717) is 12.5 Å². The van der Waals surface area contributed by atoms with Crippen molar-refractivity contribution in [3.05, 3.63) is 35.4 Å².